The summed E-state index contributed by atoms with van der Waals surface area (Å²) in [5, 5.41) is 0. The number of fused-ring (bicyclic) bond motifs is 2. The minimum absolute atomic E-state index is 0.189. The van der Waals surface area contributed by atoms with Crippen LogP contribution in [0.1, 0.15) is 60.9 Å². The van der Waals surface area contributed by atoms with Crippen LogP contribution in [-0.4, -0.2) is 12.6 Å². The molecule has 0 aromatic heterocycles. The van der Waals surface area contributed by atoms with Crippen LogP contribution in [0.15, 0.2) is 36.4 Å². The first-order valence-corrected chi connectivity index (χ1v) is 8.23. The van der Waals surface area contributed by atoms with Gasteiger partial charge >= 0.3 is 5.97 Å². The van der Waals surface area contributed by atoms with Gasteiger partial charge in [0, 0.05) is 0 Å². The van der Waals surface area contributed by atoms with E-state index in [9.17, 15) is 4.79 Å². The summed E-state index contributed by atoms with van der Waals surface area (Å²) in [6.45, 7) is 2.68. The lowest BCUT2D eigenvalue weighted by Crippen LogP contribution is -2.08. The molecule has 2 aliphatic rings. The molecule has 1 aromatic carbocycles. The number of benzene rings is 1. The van der Waals surface area contributed by atoms with Crippen molar-refractivity contribution in [3.63, 3.8) is 0 Å². The predicted octanol–water partition coefficient (Wildman–Crippen LogP) is 4.71. The van der Waals surface area contributed by atoms with Gasteiger partial charge in [0.15, 0.2) is 0 Å². The maximum absolute atomic E-state index is 11.9. The zero-order valence-electron chi connectivity index (χ0n) is 12.8. The van der Waals surface area contributed by atoms with E-state index in [1.807, 2.05) is 12.1 Å². The van der Waals surface area contributed by atoms with Crippen LogP contribution in [0.3, 0.4) is 0 Å². The SMILES string of the molecule is CCCCCOC(=O)c1ccc(C2CC3C=CC2C3)cc1. The molecule has 21 heavy (non-hydrogen) atoms. The van der Waals surface area contributed by atoms with Crippen LogP contribution in [-0.2, 0) is 4.74 Å². The van der Waals surface area contributed by atoms with E-state index in [0.717, 1.165) is 25.2 Å². The van der Waals surface area contributed by atoms with Gasteiger partial charge in [0.05, 0.1) is 12.2 Å². The highest BCUT2D eigenvalue weighted by Gasteiger charge is 2.36. The van der Waals surface area contributed by atoms with Crippen molar-refractivity contribution in [2.45, 2.75) is 44.9 Å². The predicted molar refractivity (Wildman–Crippen MR) is 84.3 cm³/mol. The van der Waals surface area contributed by atoms with Gasteiger partial charge in [0.1, 0.15) is 0 Å². The van der Waals surface area contributed by atoms with Gasteiger partial charge in [-0.15, -0.1) is 0 Å². The van der Waals surface area contributed by atoms with Crippen molar-refractivity contribution in [1.29, 1.82) is 0 Å². The number of carbonyl (C=O) groups excluding carboxylic acids is 1. The third-order valence-corrected chi connectivity index (χ3v) is 4.83. The van der Waals surface area contributed by atoms with Gasteiger partial charge in [-0.2, -0.15) is 0 Å². The Morgan fingerprint density at radius 2 is 1.95 bits per heavy atom. The Morgan fingerprint density at radius 3 is 2.57 bits per heavy atom. The maximum Gasteiger partial charge on any atom is 0.338 e. The van der Waals surface area contributed by atoms with Crippen LogP contribution in [0.25, 0.3) is 0 Å². The molecule has 0 spiro atoms. The fraction of sp³-hybridized carbons (Fsp3) is 0.526. The summed E-state index contributed by atoms with van der Waals surface area (Å²) in [6, 6.07) is 8.07. The largest absolute Gasteiger partial charge is 0.462 e. The highest BCUT2D eigenvalue weighted by atomic mass is 16.5. The Balaban J connectivity index is 1.57. The monoisotopic (exact) mass is 284 g/mol. The third kappa shape index (κ3) is 3.20. The van der Waals surface area contributed by atoms with Gasteiger partial charge in [-0.25, -0.2) is 4.79 Å². The van der Waals surface area contributed by atoms with E-state index in [4.69, 9.17) is 4.74 Å². The second kappa shape index (κ2) is 6.46. The minimum Gasteiger partial charge on any atom is -0.462 e. The molecule has 0 radical (unpaired) electrons. The van der Waals surface area contributed by atoms with Crippen LogP contribution < -0.4 is 0 Å². The second-order valence-corrected chi connectivity index (χ2v) is 6.35. The summed E-state index contributed by atoms with van der Waals surface area (Å²) >= 11 is 0. The first-order valence-electron chi connectivity index (χ1n) is 8.23. The van der Waals surface area contributed by atoms with Crippen LogP contribution in [0.4, 0.5) is 0 Å². The van der Waals surface area contributed by atoms with Crippen molar-refractivity contribution in [2.24, 2.45) is 11.8 Å². The van der Waals surface area contributed by atoms with Gasteiger partial charge in [-0.1, -0.05) is 44.1 Å². The number of allylic oxidation sites excluding steroid dienone is 2. The molecule has 2 nitrogen and oxygen atoms in total. The Labute approximate surface area is 127 Å². The molecular formula is C19H24O2. The standard InChI is InChI=1S/C19H24O2/c1-2-3-4-11-21-19(20)16-9-7-15(8-10-16)18-13-14-5-6-17(18)12-14/h5-10,14,17-18H,2-4,11-13H2,1H3. The summed E-state index contributed by atoms with van der Waals surface area (Å²) in [4.78, 5) is 11.9. The molecule has 112 valence electrons. The van der Waals surface area contributed by atoms with Gasteiger partial charge in [-0.05, 0) is 54.7 Å². The zero-order chi connectivity index (χ0) is 14.7. The van der Waals surface area contributed by atoms with Crippen LogP contribution in [0, 0.1) is 11.8 Å². The molecule has 0 N–H and O–H groups in total. The first-order chi connectivity index (χ1) is 10.3. The quantitative estimate of drug-likeness (QED) is 0.429. The van der Waals surface area contributed by atoms with E-state index >= 15 is 0 Å². The van der Waals surface area contributed by atoms with Gasteiger partial charge in [-0.3, -0.25) is 0 Å². The van der Waals surface area contributed by atoms with Crippen LogP contribution >= 0.6 is 0 Å². The number of hydrogen-bond acceptors (Lipinski definition) is 2. The summed E-state index contributed by atoms with van der Waals surface area (Å²) in [7, 11) is 0. The fourth-order valence-electron chi connectivity index (χ4n) is 3.63. The number of carbonyl (C=O) groups is 1. The minimum atomic E-state index is -0.189. The van der Waals surface area contributed by atoms with E-state index in [1.165, 1.54) is 18.4 Å². The summed E-state index contributed by atoms with van der Waals surface area (Å²) in [6.07, 6.45) is 10.5. The average molecular weight is 284 g/mol. The number of ether oxygens (including phenoxy) is 1. The molecule has 0 amide bonds. The van der Waals surface area contributed by atoms with Crippen molar-refractivity contribution in [3.8, 4) is 0 Å². The van der Waals surface area contributed by atoms with Crippen LogP contribution in [0.2, 0.25) is 0 Å². The molecule has 1 saturated carbocycles. The number of esters is 1. The average Bonchev–Trinajstić information content (AvgIpc) is 3.14. The smallest absolute Gasteiger partial charge is 0.338 e. The van der Waals surface area contributed by atoms with Crippen molar-refractivity contribution >= 4 is 5.97 Å². The highest BCUT2D eigenvalue weighted by molar-refractivity contribution is 5.89. The van der Waals surface area contributed by atoms with Crippen LogP contribution in [0.5, 0.6) is 0 Å². The molecule has 0 aliphatic heterocycles. The van der Waals surface area contributed by atoms with E-state index < -0.39 is 0 Å². The van der Waals surface area contributed by atoms with Gasteiger partial charge in [0.2, 0.25) is 0 Å². The molecule has 3 rings (SSSR count). The second-order valence-electron chi connectivity index (χ2n) is 6.35. The highest BCUT2D eigenvalue weighted by Crippen LogP contribution is 2.48. The third-order valence-electron chi connectivity index (χ3n) is 4.83. The Kier molecular flexibility index (Phi) is 4.42. The summed E-state index contributed by atoms with van der Waals surface area (Å²) < 4.78 is 5.29. The lowest BCUT2D eigenvalue weighted by molar-refractivity contribution is 0.0498. The van der Waals surface area contributed by atoms with E-state index in [0.29, 0.717) is 24.0 Å². The van der Waals surface area contributed by atoms with Crippen molar-refractivity contribution in [2.75, 3.05) is 6.61 Å². The molecule has 2 bridgehead atoms. The van der Waals surface area contributed by atoms with Gasteiger partial charge < -0.3 is 4.74 Å². The molecule has 1 aromatic rings. The van der Waals surface area contributed by atoms with E-state index in [-0.39, 0.29) is 5.97 Å². The molecule has 0 heterocycles. The summed E-state index contributed by atoms with van der Waals surface area (Å²) in [5.74, 6) is 1.95. The number of unbranched alkanes of at least 4 members (excludes halogenated alkanes) is 2. The molecule has 3 unspecified atom stereocenters. The molecule has 1 fully saturated rings. The lowest BCUT2D eigenvalue weighted by Gasteiger charge is -2.18. The van der Waals surface area contributed by atoms with Gasteiger partial charge in [0.25, 0.3) is 0 Å². The van der Waals surface area contributed by atoms with Crippen molar-refractivity contribution in [3.05, 3.63) is 47.5 Å². The van der Waals surface area contributed by atoms with E-state index in [2.05, 4.69) is 31.2 Å². The topological polar surface area (TPSA) is 26.3 Å². The molecule has 0 saturated heterocycles. The Bertz CT molecular complexity index is 515. The fourth-order valence-corrected chi connectivity index (χ4v) is 3.63. The molecule has 2 heteroatoms. The Hall–Kier alpha value is -1.57. The maximum atomic E-state index is 11.9. The van der Waals surface area contributed by atoms with Crippen molar-refractivity contribution < 1.29 is 9.53 Å². The molecular weight excluding hydrogens is 260 g/mol. The summed E-state index contributed by atoms with van der Waals surface area (Å²) in [5.41, 5.74) is 2.04. The first kappa shape index (κ1) is 14.4. The normalized spacial score (nSPS) is 26.2. The zero-order valence-corrected chi connectivity index (χ0v) is 12.8. The van der Waals surface area contributed by atoms with E-state index in [1.54, 1.807) is 0 Å². The lowest BCUT2D eigenvalue weighted by atomic mass is 9.86. The van der Waals surface area contributed by atoms with Crippen molar-refractivity contribution in [1.82, 2.24) is 0 Å². The molecule has 3 atom stereocenters. The Morgan fingerprint density at radius 1 is 1.14 bits per heavy atom. The number of hydrogen-bond donors (Lipinski definition) is 0. The molecule has 2 aliphatic carbocycles. The number of rotatable bonds is 6.